The van der Waals surface area contributed by atoms with Crippen molar-refractivity contribution in [1.82, 2.24) is 0 Å². The lowest BCUT2D eigenvalue weighted by atomic mass is 9.77. The number of rotatable bonds is 0. The molecule has 0 saturated heterocycles. The Kier molecular flexibility index (Phi) is 2.46. The molecule has 1 aliphatic heterocycles. The lowest BCUT2D eigenvalue weighted by Crippen LogP contribution is -2.30. The van der Waals surface area contributed by atoms with E-state index in [1.807, 2.05) is 0 Å². The van der Waals surface area contributed by atoms with Gasteiger partial charge < -0.3 is 4.90 Å². The van der Waals surface area contributed by atoms with Crippen LogP contribution in [-0.4, -0.2) is 19.4 Å². The molecule has 1 heterocycles. The Balaban J connectivity index is 2.02. The molecule has 0 radical (unpaired) electrons. The van der Waals surface area contributed by atoms with Crippen LogP contribution in [0.3, 0.4) is 0 Å². The molecule has 0 amide bonds. The van der Waals surface area contributed by atoms with Crippen molar-refractivity contribution >= 4 is 11.5 Å². The lowest BCUT2D eigenvalue weighted by Gasteiger charge is -2.25. The van der Waals surface area contributed by atoms with Gasteiger partial charge in [0, 0.05) is 31.1 Å². The van der Waals surface area contributed by atoms with Gasteiger partial charge in [-0.2, -0.15) is 0 Å². The van der Waals surface area contributed by atoms with Crippen LogP contribution in [-0.2, 0) is 11.2 Å². The zero-order chi connectivity index (χ0) is 11.9. The number of para-hydroxylation sites is 1. The minimum atomic E-state index is -0.0408. The predicted molar refractivity (Wildman–Crippen MR) is 69.3 cm³/mol. The van der Waals surface area contributed by atoms with Gasteiger partial charge in [0.05, 0.1) is 0 Å². The van der Waals surface area contributed by atoms with Crippen LogP contribution in [0.1, 0.15) is 31.2 Å². The molecular formula is C15H19NO. The molecule has 90 valence electrons. The largest absolute Gasteiger partial charge is 0.374 e. The van der Waals surface area contributed by atoms with Gasteiger partial charge in [-0.15, -0.1) is 0 Å². The second-order valence-electron chi connectivity index (χ2n) is 5.53. The maximum absolute atomic E-state index is 12.2. The van der Waals surface area contributed by atoms with Gasteiger partial charge in [0.2, 0.25) is 0 Å². The van der Waals surface area contributed by atoms with Crippen LogP contribution in [0.4, 0.5) is 5.69 Å². The van der Waals surface area contributed by atoms with Crippen molar-refractivity contribution in [1.29, 1.82) is 0 Å². The van der Waals surface area contributed by atoms with Crippen molar-refractivity contribution in [3.05, 3.63) is 29.8 Å². The molecule has 1 unspecified atom stereocenters. The second kappa shape index (κ2) is 3.86. The number of hydrogen-bond donors (Lipinski definition) is 0. The first-order valence-corrected chi connectivity index (χ1v) is 6.54. The van der Waals surface area contributed by atoms with E-state index in [2.05, 4.69) is 36.2 Å². The molecule has 1 fully saturated rings. The van der Waals surface area contributed by atoms with Gasteiger partial charge in [0.15, 0.2) is 0 Å². The minimum Gasteiger partial charge on any atom is -0.374 e. The van der Waals surface area contributed by atoms with E-state index < -0.39 is 0 Å². The third-order valence-electron chi connectivity index (χ3n) is 4.51. The maximum atomic E-state index is 12.2. The Labute approximate surface area is 103 Å². The maximum Gasteiger partial charge on any atom is 0.139 e. The zero-order valence-corrected chi connectivity index (χ0v) is 10.4. The topological polar surface area (TPSA) is 20.3 Å². The molecule has 2 heteroatoms. The van der Waals surface area contributed by atoms with E-state index in [1.54, 1.807) is 0 Å². The van der Waals surface area contributed by atoms with Gasteiger partial charge in [-0.25, -0.2) is 0 Å². The van der Waals surface area contributed by atoms with Crippen LogP contribution in [0.25, 0.3) is 0 Å². The summed E-state index contributed by atoms with van der Waals surface area (Å²) < 4.78 is 0. The molecule has 1 atom stereocenters. The predicted octanol–water partition coefficient (Wildman–Crippen LogP) is 2.81. The highest BCUT2D eigenvalue weighted by atomic mass is 16.1. The lowest BCUT2D eigenvalue weighted by molar-refractivity contribution is -0.126. The van der Waals surface area contributed by atoms with Gasteiger partial charge in [-0.3, -0.25) is 4.79 Å². The smallest absolute Gasteiger partial charge is 0.139 e. The number of ketones is 1. The number of benzene rings is 1. The summed E-state index contributed by atoms with van der Waals surface area (Å²) in [5.41, 5.74) is 2.62. The summed E-state index contributed by atoms with van der Waals surface area (Å²) in [6.07, 6.45) is 4.95. The van der Waals surface area contributed by atoms with Gasteiger partial charge in [-0.05, 0) is 37.3 Å². The fourth-order valence-electron chi connectivity index (χ4n) is 3.43. The van der Waals surface area contributed by atoms with E-state index in [9.17, 15) is 4.79 Å². The number of carbonyl (C=O) groups is 1. The van der Waals surface area contributed by atoms with Crippen molar-refractivity contribution in [2.45, 2.75) is 32.1 Å². The first-order chi connectivity index (χ1) is 8.21. The summed E-state index contributed by atoms with van der Waals surface area (Å²) in [5.74, 6) is 0.502. The monoisotopic (exact) mass is 229 g/mol. The Morgan fingerprint density at radius 2 is 2.06 bits per heavy atom. The van der Waals surface area contributed by atoms with E-state index in [-0.39, 0.29) is 5.41 Å². The molecule has 1 spiro atoms. The quantitative estimate of drug-likeness (QED) is 0.682. The summed E-state index contributed by atoms with van der Waals surface area (Å²) in [6, 6.07) is 8.53. The summed E-state index contributed by atoms with van der Waals surface area (Å²) in [6.45, 7) is 1.00. The normalized spacial score (nSPS) is 28.3. The van der Waals surface area contributed by atoms with Crippen LogP contribution in [0, 0.1) is 5.41 Å². The summed E-state index contributed by atoms with van der Waals surface area (Å²) in [5, 5.41) is 0. The van der Waals surface area contributed by atoms with E-state index >= 15 is 0 Å². The van der Waals surface area contributed by atoms with E-state index in [0.717, 1.165) is 38.6 Å². The number of Topliss-reactive ketones (excluding diaryl/α,β-unsaturated/α-hetero) is 1. The van der Waals surface area contributed by atoms with Crippen LogP contribution < -0.4 is 4.90 Å². The van der Waals surface area contributed by atoms with Crippen molar-refractivity contribution in [2.75, 3.05) is 18.5 Å². The zero-order valence-electron chi connectivity index (χ0n) is 10.4. The first-order valence-electron chi connectivity index (χ1n) is 6.54. The van der Waals surface area contributed by atoms with Gasteiger partial charge in [0.25, 0.3) is 0 Å². The van der Waals surface area contributed by atoms with E-state index in [0.29, 0.717) is 5.78 Å². The molecule has 2 nitrogen and oxygen atoms in total. The van der Waals surface area contributed by atoms with Crippen LogP contribution in [0.15, 0.2) is 24.3 Å². The van der Waals surface area contributed by atoms with E-state index in [4.69, 9.17) is 0 Å². The molecule has 0 aromatic heterocycles. The summed E-state index contributed by atoms with van der Waals surface area (Å²) >= 11 is 0. The Morgan fingerprint density at radius 3 is 2.82 bits per heavy atom. The van der Waals surface area contributed by atoms with Crippen molar-refractivity contribution in [3.63, 3.8) is 0 Å². The van der Waals surface area contributed by atoms with Crippen molar-refractivity contribution in [3.8, 4) is 0 Å². The fourth-order valence-corrected chi connectivity index (χ4v) is 3.43. The highest BCUT2D eigenvalue weighted by Gasteiger charge is 2.43. The van der Waals surface area contributed by atoms with Crippen LogP contribution in [0.5, 0.6) is 0 Å². The third kappa shape index (κ3) is 1.67. The molecule has 0 bridgehead atoms. The standard InChI is InChI=1S/C15H19NO/c1-16-10-9-15(8-4-7-14(15)17)11-12-5-2-3-6-13(12)16/h2-3,5-6H,4,7-11H2,1H3. The number of fused-ring (bicyclic) bond motifs is 1. The third-order valence-corrected chi connectivity index (χ3v) is 4.51. The first kappa shape index (κ1) is 10.8. The Hall–Kier alpha value is -1.31. The molecule has 1 saturated carbocycles. The number of carbonyl (C=O) groups excluding carboxylic acids is 1. The Bertz CT molecular complexity index is 454. The number of anilines is 1. The van der Waals surface area contributed by atoms with Crippen molar-refractivity contribution in [2.24, 2.45) is 5.41 Å². The average molecular weight is 229 g/mol. The molecule has 1 aliphatic carbocycles. The molecule has 2 aliphatic rings. The molecule has 1 aromatic carbocycles. The molecule has 3 rings (SSSR count). The average Bonchev–Trinajstić information content (AvgIpc) is 2.61. The van der Waals surface area contributed by atoms with Crippen LogP contribution >= 0.6 is 0 Å². The Morgan fingerprint density at radius 1 is 1.24 bits per heavy atom. The molecular weight excluding hydrogens is 210 g/mol. The van der Waals surface area contributed by atoms with Crippen molar-refractivity contribution < 1.29 is 4.79 Å². The van der Waals surface area contributed by atoms with Gasteiger partial charge >= 0.3 is 0 Å². The second-order valence-corrected chi connectivity index (χ2v) is 5.53. The number of hydrogen-bond acceptors (Lipinski definition) is 2. The summed E-state index contributed by atoms with van der Waals surface area (Å²) in [4.78, 5) is 14.5. The SMILES string of the molecule is CN1CCC2(CCCC2=O)Cc2ccccc21. The minimum absolute atomic E-state index is 0.0408. The molecule has 0 N–H and O–H groups in total. The summed E-state index contributed by atoms with van der Waals surface area (Å²) in [7, 11) is 2.14. The van der Waals surface area contributed by atoms with Crippen LogP contribution in [0.2, 0.25) is 0 Å². The highest BCUT2D eigenvalue weighted by molar-refractivity contribution is 5.87. The molecule has 17 heavy (non-hydrogen) atoms. The molecule has 1 aromatic rings. The highest BCUT2D eigenvalue weighted by Crippen LogP contribution is 2.44. The van der Waals surface area contributed by atoms with Gasteiger partial charge in [-0.1, -0.05) is 18.2 Å². The number of nitrogens with zero attached hydrogens (tertiary/aromatic N) is 1. The van der Waals surface area contributed by atoms with Gasteiger partial charge in [0.1, 0.15) is 5.78 Å². The van der Waals surface area contributed by atoms with E-state index in [1.165, 1.54) is 11.3 Å². The fraction of sp³-hybridized carbons (Fsp3) is 0.533.